The summed E-state index contributed by atoms with van der Waals surface area (Å²) >= 11 is 0. The van der Waals surface area contributed by atoms with Crippen molar-refractivity contribution in [3.63, 3.8) is 0 Å². The summed E-state index contributed by atoms with van der Waals surface area (Å²) in [4.78, 5) is 19.1. The number of carbonyl (C=O) groups excluding carboxylic acids is 1. The summed E-state index contributed by atoms with van der Waals surface area (Å²) in [6, 6.07) is 9.09. The fourth-order valence-corrected chi connectivity index (χ4v) is 1.43. The zero-order valence-corrected chi connectivity index (χ0v) is 10.6. The maximum Gasteiger partial charge on any atom is 0.422 e. The molecule has 0 unspecified atom stereocenters. The van der Waals surface area contributed by atoms with Crippen LogP contribution in [-0.2, 0) is 4.74 Å². The molecule has 0 radical (unpaired) electrons. The number of carbonyl (C=O) groups is 1. The number of amides is 1. The summed E-state index contributed by atoms with van der Waals surface area (Å²) < 4.78 is 39.6. The van der Waals surface area contributed by atoms with Crippen LogP contribution in [0.5, 0.6) is 0 Å². The molecule has 0 bridgehead atoms. The van der Waals surface area contributed by atoms with E-state index in [4.69, 9.17) is 0 Å². The lowest BCUT2D eigenvalue weighted by Crippen LogP contribution is -2.23. The monoisotopic (exact) mass is 297 g/mol. The number of hydrogen-bond acceptors (Lipinski definition) is 4. The van der Waals surface area contributed by atoms with Crippen molar-refractivity contribution in [3.05, 3.63) is 42.7 Å². The molecular weight excluding hydrogens is 287 g/mol. The van der Waals surface area contributed by atoms with Crippen LogP contribution in [0.25, 0.3) is 11.4 Å². The van der Waals surface area contributed by atoms with E-state index in [1.165, 1.54) is 12.4 Å². The van der Waals surface area contributed by atoms with Crippen LogP contribution in [0.1, 0.15) is 0 Å². The molecule has 2 rings (SSSR count). The van der Waals surface area contributed by atoms with Gasteiger partial charge in [-0.1, -0.05) is 30.3 Å². The predicted molar refractivity (Wildman–Crippen MR) is 68.5 cm³/mol. The van der Waals surface area contributed by atoms with Gasteiger partial charge < -0.3 is 4.74 Å². The van der Waals surface area contributed by atoms with Gasteiger partial charge in [0.25, 0.3) is 0 Å². The summed E-state index contributed by atoms with van der Waals surface area (Å²) in [6.07, 6.45) is -3.22. The van der Waals surface area contributed by atoms with Gasteiger partial charge in [0.15, 0.2) is 12.4 Å². The number of ether oxygens (including phenoxy) is 1. The minimum Gasteiger partial charge on any atom is -0.440 e. The number of alkyl halides is 3. The van der Waals surface area contributed by atoms with Gasteiger partial charge in [-0.2, -0.15) is 13.2 Å². The Labute approximate surface area is 117 Å². The van der Waals surface area contributed by atoms with Crippen molar-refractivity contribution in [2.45, 2.75) is 6.18 Å². The number of rotatable bonds is 3. The Balaban J connectivity index is 1.95. The number of anilines is 1. The molecule has 1 aromatic heterocycles. The maximum atomic E-state index is 11.9. The van der Waals surface area contributed by atoms with E-state index in [0.717, 1.165) is 5.56 Å². The molecule has 0 spiro atoms. The zero-order chi connectivity index (χ0) is 15.3. The van der Waals surface area contributed by atoms with Crippen molar-refractivity contribution in [3.8, 4) is 11.4 Å². The van der Waals surface area contributed by atoms with Crippen LogP contribution in [0.4, 0.5) is 23.7 Å². The first-order chi connectivity index (χ1) is 9.94. The molecule has 1 amide bonds. The van der Waals surface area contributed by atoms with Gasteiger partial charge >= 0.3 is 12.3 Å². The lowest BCUT2D eigenvalue weighted by atomic mass is 10.2. The third-order valence-corrected chi connectivity index (χ3v) is 2.30. The van der Waals surface area contributed by atoms with E-state index in [2.05, 4.69) is 20.0 Å². The second-order valence-electron chi connectivity index (χ2n) is 3.98. The Kier molecular flexibility index (Phi) is 4.36. The summed E-state index contributed by atoms with van der Waals surface area (Å²) in [7, 11) is 0. The number of nitrogens with zero attached hydrogens (tertiary/aromatic N) is 2. The summed E-state index contributed by atoms with van der Waals surface area (Å²) in [5.74, 6) is 0.435. The van der Waals surface area contributed by atoms with E-state index < -0.39 is 18.9 Å². The summed E-state index contributed by atoms with van der Waals surface area (Å²) in [6.45, 7) is -1.65. The molecular formula is C13H10F3N3O2. The molecule has 5 nitrogen and oxygen atoms in total. The molecule has 2 aromatic rings. The quantitative estimate of drug-likeness (QED) is 0.944. The van der Waals surface area contributed by atoms with Gasteiger partial charge in [0.05, 0.1) is 18.1 Å². The maximum absolute atomic E-state index is 11.9. The first kappa shape index (κ1) is 14.8. The number of benzene rings is 1. The van der Waals surface area contributed by atoms with E-state index in [-0.39, 0.29) is 5.69 Å². The highest BCUT2D eigenvalue weighted by atomic mass is 19.4. The van der Waals surface area contributed by atoms with Crippen molar-refractivity contribution in [1.82, 2.24) is 9.97 Å². The van der Waals surface area contributed by atoms with Gasteiger partial charge in [0.2, 0.25) is 0 Å². The number of nitrogens with one attached hydrogen (secondary N) is 1. The van der Waals surface area contributed by atoms with Crippen molar-refractivity contribution in [1.29, 1.82) is 0 Å². The molecule has 0 aliphatic heterocycles. The van der Waals surface area contributed by atoms with Crippen LogP contribution < -0.4 is 5.32 Å². The molecule has 0 fully saturated rings. The molecule has 1 N–H and O–H groups in total. The highest BCUT2D eigenvalue weighted by Gasteiger charge is 2.29. The SMILES string of the molecule is O=C(Nc1cnc(-c2ccccc2)nc1)OCC(F)(F)F. The fourth-order valence-electron chi connectivity index (χ4n) is 1.43. The molecule has 8 heteroatoms. The molecule has 110 valence electrons. The van der Waals surface area contributed by atoms with Gasteiger partial charge in [0.1, 0.15) is 0 Å². The third kappa shape index (κ3) is 4.75. The first-order valence-electron chi connectivity index (χ1n) is 5.82. The van der Waals surface area contributed by atoms with Crippen LogP contribution in [-0.4, -0.2) is 28.8 Å². The highest BCUT2D eigenvalue weighted by Crippen LogP contribution is 2.16. The third-order valence-electron chi connectivity index (χ3n) is 2.30. The molecule has 1 heterocycles. The van der Waals surface area contributed by atoms with Crippen molar-refractivity contribution < 1.29 is 22.7 Å². The van der Waals surface area contributed by atoms with Crippen LogP contribution in [0.15, 0.2) is 42.7 Å². The molecule has 0 atom stereocenters. The Morgan fingerprint density at radius 2 is 1.76 bits per heavy atom. The van der Waals surface area contributed by atoms with E-state index in [1.54, 1.807) is 12.1 Å². The number of hydrogen-bond donors (Lipinski definition) is 1. The predicted octanol–water partition coefficient (Wildman–Crippen LogP) is 3.25. The highest BCUT2D eigenvalue weighted by molar-refractivity contribution is 5.84. The molecule has 0 saturated heterocycles. The summed E-state index contributed by atoms with van der Waals surface area (Å²) in [5.41, 5.74) is 0.922. The van der Waals surface area contributed by atoms with Crippen LogP contribution in [0.3, 0.4) is 0 Å². The normalized spacial score (nSPS) is 11.0. The van der Waals surface area contributed by atoms with E-state index in [1.807, 2.05) is 18.2 Å². The standard InChI is InChI=1S/C13H10F3N3O2/c14-13(15,16)8-21-12(20)19-10-6-17-11(18-7-10)9-4-2-1-3-5-9/h1-7H,8H2,(H,19,20). The minimum atomic E-state index is -4.56. The van der Waals surface area contributed by atoms with E-state index >= 15 is 0 Å². The average molecular weight is 297 g/mol. The van der Waals surface area contributed by atoms with Crippen molar-refractivity contribution in [2.24, 2.45) is 0 Å². The first-order valence-corrected chi connectivity index (χ1v) is 5.82. The van der Waals surface area contributed by atoms with Gasteiger partial charge in [-0.05, 0) is 0 Å². The Morgan fingerprint density at radius 1 is 1.14 bits per heavy atom. The second-order valence-corrected chi connectivity index (χ2v) is 3.98. The van der Waals surface area contributed by atoms with Gasteiger partial charge in [0, 0.05) is 5.56 Å². The van der Waals surface area contributed by atoms with Gasteiger partial charge in [-0.25, -0.2) is 14.8 Å². The smallest absolute Gasteiger partial charge is 0.422 e. The summed E-state index contributed by atoms with van der Waals surface area (Å²) in [5, 5.41) is 2.11. The molecule has 0 aliphatic rings. The van der Waals surface area contributed by atoms with Crippen LogP contribution >= 0.6 is 0 Å². The van der Waals surface area contributed by atoms with Crippen molar-refractivity contribution >= 4 is 11.8 Å². The van der Waals surface area contributed by atoms with Gasteiger partial charge in [-0.15, -0.1) is 0 Å². The van der Waals surface area contributed by atoms with Crippen LogP contribution in [0.2, 0.25) is 0 Å². The molecule has 0 saturated carbocycles. The number of aromatic nitrogens is 2. The van der Waals surface area contributed by atoms with E-state index in [9.17, 15) is 18.0 Å². The largest absolute Gasteiger partial charge is 0.440 e. The minimum absolute atomic E-state index is 0.141. The lowest BCUT2D eigenvalue weighted by Gasteiger charge is -2.08. The van der Waals surface area contributed by atoms with E-state index in [0.29, 0.717) is 5.82 Å². The lowest BCUT2D eigenvalue weighted by molar-refractivity contribution is -0.159. The second kappa shape index (κ2) is 6.21. The topological polar surface area (TPSA) is 64.1 Å². The van der Waals surface area contributed by atoms with Gasteiger partial charge in [-0.3, -0.25) is 5.32 Å². The Hall–Kier alpha value is -2.64. The molecule has 1 aromatic carbocycles. The molecule has 21 heavy (non-hydrogen) atoms. The van der Waals surface area contributed by atoms with Crippen molar-refractivity contribution in [2.75, 3.05) is 11.9 Å². The molecule has 0 aliphatic carbocycles. The Morgan fingerprint density at radius 3 is 2.33 bits per heavy atom. The Bertz CT molecular complexity index is 600. The fraction of sp³-hybridized carbons (Fsp3) is 0.154. The number of halogens is 3. The van der Waals surface area contributed by atoms with Crippen LogP contribution in [0, 0.1) is 0 Å². The zero-order valence-electron chi connectivity index (χ0n) is 10.6. The average Bonchev–Trinajstić information content (AvgIpc) is 2.46.